The van der Waals surface area contributed by atoms with Gasteiger partial charge in [0.05, 0.1) is 19.1 Å². The van der Waals surface area contributed by atoms with Gasteiger partial charge in [0.25, 0.3) is 0 Å². The average Bonchev–Trinajstić information content (AvgIpc) is 2.38. The van der Waals surface area contributed by atoms with E-state index in [2.05, 4.69) is 5.32 Å². The standard InChI is InChI=1S/C12H19N3O5/c1-20-9-8-15(7-3-6-13)12(19)14-10(16)4-2-5-11(17)18/h2-5,7-9H2,1H3,(H,17,18)(H,14,16,19). The van der Waals surface area contributed by atoms with E-state index in [0.29, 0.717) is 6.61 Å². The van der Waals surface area contributed by atoms with Crippen molar-refractivity contribution in [3.63, 3.8) is 0 Å². The molecule has 0 unspecified atom stereocenters. The first kappa shape index (κ1) is 17.9. The van der Waals surface area contributed by atoms with Gasteiger partial charge in [-0.2, -0.15) is 5.26 Å². The SMILES string of the molecule is COCCN(CCC#N)C(=O)NC(=O)CCCC(=O)O. The number of aliphatic carboxylic acids is 1. The lowest BCUT2D eigenvalue weighted by Gasteiger charge is -2.21. The largest absolute Gasteiger partial charge is 0.481 e. The molecule has 2 N–H and O–H groups in total. The Kier molecular flexibility index (Phi) is 9.60. The van der Waals surface area contributed by atoms with Crippen molar-refractivity contribution < 1.29 is 24.2 Å². The van der Waals surface area contributed by atoms with Crippen LogP contribution in [0.2, 0.25) is 0 Å². The third-order valence-electron chi connectivity index (χ3n) is 2.39. The molecule has 0 fully saturated rings. The van der Waals surface area contributed by atoms with Crippen LogP contribution in [0.5, 0.6) is 0 Å². The fourth-order valence-electron chi connectivity index (χ4n) is 1.36. The third kappa shape index (κ3) is 8.88. The first-order chi connectivity index (χ1) is 9.51. The van der Waals surface area contributed by atoms with Gasteiger partial charge in [-0.15, -0.1) is 0 Å². The minimum Gasteiger partial charge on any atom is -0.481 e. The van der Waals surface area contributed by atoms with E-state index in [9.17, 15) is 14.4 Å². The van der Waals surface area contributed by atoms with Crippen LogP contribution in [0.4, 0.5) is 4.79 Å². The first-order valence-electron chi connectivity index (χ1n) is 6.17. The van der Waals surface area contributed by atoms with Gasteiger partial charge >= 0.3 is 12.0 Å². The summed E-state index contributed by atoms with van der Waals surface area (Å²) < 4.78 is 4.84. The Morgan fingerprint density at radius 2 is 2.00 bits per heavy atom. The molecular weight excluding hydrogens is 266 g/mol. The molecule has 20 heavy (non-hydrogen) atoms. The number of ether oxygens (including phenoxy) is 1. The van der Waals surface area contributed by atoms with E-state index in [0.717, 1.165) is 0 Å². The van der Waals surface area contributed by atoms with Crippen molar-refractivity contribution in [1.29, 1.82) is 5.26 Å². The summed E-state index contributed by atoms with van der Waals surface area (Å²) in [7, 11) is 1.48. The Labute approximate surface area is 117 Å². The topological polar surface area (TPSA) is 120 Å². The predicted molar refractivity (Wildman–Crippen MR) is 68.7 cm³/mol. The number of carboxylic acid groups (broad SMARTS) is 1. The summed E-state index contributed by atoms with van der Waals surface area (Å²) in [5.74, 6) is -1.52. The van der Waals surface area contributed by atoms with Gasteiger partial charge in [0.2, 0.25) is 5.91 Å². The monoisotopic (exact) mass is 285 g/mol. The number of carboxylic acids is 1. The lowest BCUT2D eigenvalue weighted by Crippen LogP contribution is -2.44. The molecule has 0 aromatic carbocycles. The minimum atomic E-state index is -0.986. The molecule has 0 radical (unpaired) electrons. The number of hydrogen-bond donors (Lipinski definition) is 2. The molecule has 0 aromatic heterocycles. The van der Waals surface area contributed by atoms with Gasteiger partial charge in [0, 0.05) is 33.0 Å². The van der Waals surface area contributed by atoms with Crippen LogP contribution < -0.4 is 5.32 Å². The number of amides is 3. The highest BCUT2D eigenvalue weighted by Gasteiger charge is 2.15. The highest BCUT2D eigenvalue weighted by molar-refractivity contribution is 5.94. The molecule has 0 atom stereocenters. The van der Waals surface area contributed by atoms with E-state index >= 15 is 0 Å². The molecule has 0 aliphatic rings. The average molecular weight is 285 g/mol. The van der Waals surface area contributed by atoms with Crippen LogP contribution in [0.3, 0.4) is 0 Å². The lowest BCUT2D eigenvalue weighted by atomic mass is 10.2. The minimum absolute atomic E-state index is 0.0333. The molecule has 0 heterocycles. The Morgan fingerprint density at radius 3 is 2.55 bits per heavy atom. The van der Waals surface area contributed by atoms with Gasteiger partial charge in [-0.1, -0.05) is 0 Å². The predicted octanol–water partition coefficient (Wildman–Crippen LogP) is 0.340. The summed E-state index contributed by atoms with van der Waals surface area (Å²) in [4.78, 5) is 34.8. The van der Waals surface area contributed by atoms with Crippen LogP contribution in [0.15, 0.2) is 0 Å². The number of urea groups is 1. The molecular formula is C12H19N3O5. The summed E-state index contributed by atoms with van der Waals surface area (Å²) >= 11 is 0. The molecule has 0 aromatic rings. The Morgan fingerprint density at radius 1 is 1.30 bits per heavy atom. The Hall–Kier alpha value is -2.14. The van der Waals surface area contributed by atoms with Crippen molar-refractivity contribution in [3.05, 3.63) is 0 Å². The second-order valence-corrected chi connectivity index (χ2v) is 3.99. The van der Waals surface area contributed by atoms with Gasteiger partial charge in [-0.05, 0) is 6.42 Å². The fourth-order valence-corrected chi connectivity index (χ4v) is 1.36. The summed E-state index contributed by atoms with van der Waals surface area (Å²) in [6.45, 7) is 0.770. The zero-order valence-electron chi connectivity index (χ0n) is 11.4. The number of nitriles is 1. The summed E-state index contributed by atoms with van der Waals surface area (Å²) in [6, 6.07) is 1.32. The molecule has 0 rings (SSSR count). The number of carbonyl (C=O) groups excluding carboxylic acids is 2. The Bertz CT molecular complexity index is 378. The van der Waals surface area contributed by atoms with Crippen LogP contribution >= 0.6 is 0 Å². The molecule has 3 amide bonds. The molecule has 0 aliphatic heterocycles. The van der Waals surface area contributed by atoms with Crippen LogP contribution in [0.1, 0.15) is 25.7 Å². The molecule has 112 valence electrons. The maximum atomic E-state index is 11.8. The zero-order valence-corrected chi connectivity index (χ0v) is 11.4. The number of nitrogens with one attached hydrogen (secondary N) is 1. The summed E-state index contributed by atoms with van der Waals surface area (Å²) in [5, 5.41) is 19.1. The number of rotatable bonds is 9. The molecule has 8 nitrogen and oxygen atoms in total. The molecule has 0 saturated carbocycles. The zero-order chi connectivity index (χ0) is 15.4. The van der Waals surface area contributed by atoms with Crippen molar-refractivity contribution >= 4 is 17.9 Å². The quantitative estimate of drug-likeness (QED) is 0.630. The fraction of sp³-hybridized carbons (Fsp3) is 0.667. The van der Waals surface area contributed by atoms with Gasteiger partial charge in [0.15, 0.2) is 0 Å². The van der Waals surface area contributed by atoms with Crippen molar-refractivity contribution in [2.45, 2.75) is 25.7 Å². The molecule has 0 aliphatic carbocycles. The number of hydrogen-bond acceptors (Lipinski definition) is 5. The van der Waals surface area contributed by atoms with Crippen molar-refractivity contribution in [3.8, 4) is 6.07 Å². The van der Waals surface area contributed by atoms with Gasteiger partial charge in [0.1, 0.15) is 0 Å². The van der Waals surface area contributed by atoms with Crippen LogP contribution in [0, 0.1) is 11.3 Å². The number of methoxy groups -OCH3 is 1. The number of carbonyl (C=O) groups is 3. The maximum absolute atomic E-state index is 11.8. The van der Waals surface area contributed by atoms with Gasteiger partial charge in [-0.3, -0.25) is 14.9 Å². The maximum Gasteiger partial charge on any atom is 0.324 e. The highest BCUT2D eigenvalue weighted by Crippen LogP contribution is 1.97. The summed E-state index contributed by atoms with van der Waals surface area (Å²) in [5.41, 5.74) is 0. The highest BCUT2D eigenvalue weighted by atomic mass is 16.5. The molecule has 8 heteroatoms. The second-order valence-electron chi connectivity index (χ2n) is 3.99. The second kappa shape index (κ2) is 10.8. The van der Waals surface area contributed by atoms with E-state index < -0.39 is 17.9 Å². The lowest BCUT2D eigenvalue weighted by molar-refractivity contribution is -0.137. The van der Waals surface area contributed by atoms with Gasteiger partial charge in [-0.25, -0.2) is 4.79 Å². The van der Waals surface area contributed by atoms with Crippen LogP contribution in [0.25, 0.3) is 0 Å². The number of nitrogens with zero attached hydrogens (tertiary/aromatic N) is 2. The van der Waals surface area contributed by atoms with E-state index in [-0.39, 0.29) is 38.8 Å². The van der Waals surface area contributed by atoms with Crippen molar-refractivity contribution in [1.82, 2.24) is 10.2 Å². The van der Waals surface area contributed by atoms with E-state index in [4.69, 9.17) is 15.1 Å². The first-order valence-corrected chi connectivity index (χ1v) is 6.17. The Balaban J connectivity index is 4.18. The van der Waals surface area contributed by atoms with Crippen molar-refractivity contribution in [2.24, 2.45) is 0 Å². The van der Waals surface area contributed by atoms with Gasteiger partial charge < -0.3 is 14.7 Å². The third-order valence-corrected chi connectivity index (χ3v) is 2.39. The van der Waals surface area contributed by atoms with E-state index in [1.807, 2.05) is 6.07 Å². The van der Waals surface area contributed by atoms with E-state index in [1.165, 1.54) is 12.0 Å². The number of imide groups is 1. The van der Waals surface area contributed by atoms with Crippen LogP contribution in [-0.2, 0) is 14.3 Å². The molecule has 0 spiro atoms. The molecule has 0 saturated heterocycles. The van der Waals surface area contributed by atoms with E-state index in [1.54, 1.807) is 0 Å². The van der Waals surface area contributed by atoms with Crippen molar-refractivity contribution in [2.75, 3.05) is 26.8 Å². The summed E-state index contributed by atoms with van der Waals surface area (Å²) in [6.07, 6.45) is 0.174. The molecule has 0 bridgehead atoms. The normalized spacial score (nSPS) is 9.60. The smallest absolute Gasteiger partial charge is 0.324 e. The van der Waals surface area contributed by atoms with Crippen LogP contribution in [-0.4, -0.2) is 54.7 Å².